The Morgan fingerprint density at radius 2 is 1.65 bits per heavy atom. The zero-order valence-corrected chi connectivity index (χ0v) is 14.5. The molecule has 0 radical (unpaired) electrons. The van der Waals surface area contributed by atoms with Crippen molar-refractivity contribution in [3.05, 3.63) is 83.9 Å². The number of fused-ring (bicyclic) bond motifs is 3. The van der Waals surface area contributed by atoms with Gasteiger partial charge in [-0.2, -0.15) is 0 Å². The summed E-state index contributed by atoms with van der Waals surface area (Å²) in [6.07, 6.45) is 0. The average molecular weight is 316 g/mol. The maximum absolute atomic E-state index is 5.43. The van der Waals surface area contributed by atoms with E-state index < -0.39 is 8.80 Å². The van der Waals surface area contributed by atoms with E-state index in [0.717, 1.165) is 0 Å². The Morgan fingerprint density at radius 1 is 0.870 bits per heavy atom. The molecule has 4 rings (SSSR count). The Hall–Kier alpha value is -2.16. The summed E-state index contributed by atoms with van der Waals surface area (Å²) in [7, 11) is 0.573. The zero-order valence-electron chi connectivity index (χ0n) is 13.3. The van der Waals surface area contributed by atoms with Crippen molar-refractivity contribution in [2.45, 2.75) is 12.7 Å². The van der Waals surface area contributed by atoms with Gasteiger partial charge >= 0.3 is 0 Å². The Kier molecular flexibility index (Phi) is 3.86. The second-order valence-electron chi connectivity index (χ2n) is 6.14. The number of benzene rings is 3. The Labute approximate surface area is 139 Å². The van der Waals surface area contributed by atoms with Crippen LogP contribution in [0.25, 0.3) is 11.1 Å². The molecule has 0 saturated carbocycles. The van der Waals surface area contributed by atoms with Crippen LogP contribution in [0.1, 0.15) is 11.1 Å². The molecule has 0 spiro atoms. The lowest BCUT2D eigenvalue weighted by Crippen LogP contribution is -2.47. The summed E-state index contributed by atoms with van der Waals surface area (Å²) < 4.78 is 5.43. The summed E-state index contributed by atoms with van der Waals surface area (Å²) in [5.41, 5.74) is 5.61. The van der Waals surface area contributed by atoms with Crippen molar-refractivity contribution in [1.82, 2.24) is 0 Å². The van der Waals surface area contributed by atoms with E-state index >= 15 is 0 Å². The summed E-state index contributed by atoms with van der Waals surface area (Å²) in [6.45, 7) is 0.676. The van der Waals surface area contributed by atoms with Crippen LogP contribution in [0.4, 0.5) is 0 Å². The molecule has 3 aromatic carbocycles. The van der Waals surface area contributed by atoms with E-state index in [1.165, 1.54) is 33.5 Å². The van der Waals surface area contributed by atoms with Gasteiger partial charge in [-0.15, -0.1) is 0 Å². The lowest BCUT2D eigenvalue weighted by molar-refractivity contribution is 0.185. The second-order valence-corrected chi connectivity index (χ2v) is 8.94. The van der Waals surface area contributed by atoms with Crippen molar-refractivity contribution >= 4 is 19.2 Å². The minimum Gasteiger partial charge on any atom is -0.380 e. The first-order valence-corrected chi connectivity index (χ1v) is 10.1. The van der Waals surface area contributed by atoms with Crippen molar-refractivity contribution in [3.8, 4) is 11.1 Å². The van der Waals surface area contributed by atoms with E-state index in [4.69, 9.17) is 4.74 Å². The largest absolute Gasteiger partial charge is 0.380 e. The van der Waals surface area contributed by atoms with Crippen LogP contribution in [-0.2, 0) is 17.4 Å². The highest BCUT2D eigenvalue weighted by Crippen LogP contribution is 2.32. The van der Waals surface area contributed by atoms with Gasteiger partial charge in [-0.3, -0.25) is 0 Å². The Balaban J connectivity index is 1.91. The summed E-state index contributed by atoms with van der Waals surface area (Å²) in [5.74, 6) is 0. The lowest BCUT2D eigenvalue weighted by atomic mass is 9.94. The molecule has 0 bridgehead atoms. The molecule has 1 heterocycles. The minimum atomic E-state index is -1.20. The smallest absolute Gasteiger partial charge is 0.108 e. The van der Waals surface area contributed by atoms with Gasteiger partial charge in [0.2, 0.25) is 0 Å². The third-order valence-electron chi connectivity index (χ3n) is 4.77. The SMILES string of the molecule is COCc1cccc2c1-c1ccccc1[Si@@H](c1ccccc1)C2. The van der Waals surface area contributed by atoms with Crippen LogP contribution in [0.15, 0.2) is 72.8 Å². The van der Waals surface area contributed by atoms with E-state index in [1.807, 2.05) is 0 Å². The predicted molar refractivity (Wildman–Crippen MR) is 99.2 cm³/mol. The monoisotopic (exact) mass is 316 g/mol. The maximum atomic E-state index is 5.43. The van der Waals surface area contributed by atoms with E-state index in [-0.39, 0.29) is 0 Å². The molecule has 0 unspecified atom stereocenters. The molecule has 1 aliphatic rings. The van der Waals surface area contributed by atoms with E-state index in [1.54, 1.807) is 12.3 Å². The molecule has 23 heavy (non-hydrogen) atoms. The third-order valence-corrected chi connectivity index (χ3v) is 8.06. The van der Waals surface area contributed by atoms with Crippen molar-refractivity contribution in [1.29, 1.82) is 0 Å². The fourth-order valence-corrected chi connectivity index (χ4v) is 7.03. The Bertz CT molecular complexity index is 826. The molecule has 1 aliphatic heterocycles. The number of hydrogen-bond donors (Lipinski definition) is 0. The first kappa shape index (κ1) is 14.4. The average Bonchev–Trinajstić information content (AvgIpc) is 2.62. The molecule has 0 N–H and O–H groups in total. The molecular weight excluding hydrogens is 296 g/mol. The van der Waals surface area contributed by atoms with Gasteiger partial charge in [0, 0.05) is 7.11 Å². The van der Waals surface area contributed by atoms with Gasteiger partial charge in [0.05, 0.1) is 6.61 Å². The summed E-state index contributed by atoms with van der Waals surface area (Å²) >= 11 is 0. The fraction of sp³-hybridized carbons (Fsp3) is 0.143. The quantitative estimate of drug-likeness (QED) is 0.675. The number of methoxy groups -OCH3 is 1. The van der Waals surface area contributed by atoms with Crippen LogP contribution in [-0.4, -0.2) is 15.9 Å². The molecule has 1 nitrogen and oxygen atoms in total. The lowest BCUT2D eigenvalue weighted by Gasteiger charge is -2.29. The van der Waals surface area contributed by atoms with Crippen molar-refractivity contribution in [2.75, 3.05) is 7.11 Å². The second kappa shape index (κ2) is 6.15. The predicted octanol–water partition coefficient (Wildman–Crippen LogP) is 2.94. The number of ether oxygens (including phenoxy) is 1. The molecule has 0 aliphatic carbocycles. The minimum absolute atomic E-state index is 0.676. The fourth-order valence-electron chi connectivity index (χ4n) is 3.79. The molecule has 3 aromatic rings. The first-order chi connectivity index (χ1) is 11.4. The summed E-state index contributed by atoms with van der Waals surface area (Å²) in [5, 5.41) is 3.09. The van der Waals surface area contributed by atoms with Crippen molar-refractivity contribution in [3.63, 3.8) is 0 Å². The van der Waals surface area contributed by atoms with Crippen LogP contribution in [0.5, 0.6) is 0 Å². The highest BCUT2D eigenvalue weighted by atomic mass is 28.3. The van der Waals surface area contributed by atoms with Gasteiger partial charge in [0.1, 0.15) is 8.80 Å². The zero-order chi connectivity index (χ0) is 15.6. The molecular formula is C21H20OSi. The van der Waals surface area contributed by atoms with E-state index in [2.05, 4.69) is 72.8 Å². The van der Waals surface area contributed by atoms with Gasteiger partial charge < -0.3 is 4.74 Å². The third kappa shape index (κ3) is 2.54. The molecule has 114 valence electrons. The maximum Gasteiger partial charge on any atom is 0.108 e. The molecule has 0 amide bonds. The normalized spacial score (nSPS) is 15.8. The molecule has 2 heteroatoms. The van der Waals surface area contributed by atoms with Crippen LogP contribution in [0, 0.1) is 0 Å². The van der Waals surface area contributed by atoms with Gasteiger partial charge in [0.25, 0.3) is 0 Å². The van der Waals surface area contributed by atoms with Crippen LogP contribution < -0.4 is 10.4 Å². The first-order valence-electron chi connectivity index (χ1n) is 8.12. The van der Waals surface area contributed by atoms with Gasteiger partial charge in [-0.05, 0) is 33.5 Å². The van der Waals surface area contributed by atoms with E-state index in [0.29, 0.717) is 6.61 Å². The summed E-state index contributed by atoms with van der Waals surface area (Å²) in [4.78, 5) is 0. The molecule has 0 saturated heterocycles. The van der Waals surface area contributed by atoms with Crippen LogP contribution >= 0.6 is 0 Å². The Morgan fingerprint density at radius 3 is 2.48 bits per heavy atom. The van der Waals surface area contributed by atoms with Gasteiger partial charge in [-0.1, -0.05) is 78.0 Å². The highest BCUT2D eigenvalue weighted by molar-refractivity contribution is 6.86. The molecule has 0 aromatic heterocycles. The standard InChI is InChI=1S/C21H20OSi/c1-22-14-16-8-7-9-17-15-23(18-10-3-2-4-11-18)20-13-6-5-12-19(20)21(16)17/h2-13,23H,14-15H2,1H3/t23-/m1/s1. The van der Waals surface area contributed by atoms with E-state index in [9.17, 15) is 0 Å². The van der Waals surface area contributed by atoms with Crippen molar-refractivity contribution < 1.29 is 4.74 Å². The highest BCUT2D eigenvalue weighted by Gasteiger charge is 2.28. The topological polar surface area (TPSA) is 9.23 Å². The number of hydrogen-bond acceptors (Lipinski definition) is 1. The number of rotatable bonds is 3. The van der Waals surface area contributed by atoms with Gasteiger partial charge in [-0.25, -0.2) is 0 Å². The summed E-state index contributed by atoms with van der Waals surface area (Å²) in [6, 6.07) is 27.9. The molecule has 0 fully saturated rings. The molecule has 1 atom stereocenters. The van der Waals surface area contributed by atoms with Crippen LogP contribution in [0.3, 0.4) is 0 Å². The van der Waals surface area contributed by atoms with Crippen LogP contribution in [0.2, 0.25) is 0 Å². The van der Waals surface area contributed by atoms with Gasteiger partial charge in [0.15, 0.2) is 0 Å². The van der Waals surface area contributed by atoms with Crippen molar-refractivity contribution in [2.24, 2.45) is 0 Å².